The van der Waals surface area contributed by atoms with Gasteiger partial charge in [0.05, 0.1) is 25.4 Å². The smallest absolute Gasteiger partial charge is 0.191 e. The topological polar surface area (TPSA) is 72.7 Å². The highest BCUT2D eigenvalue weighted by molar-refractivity contribution is 14.0. The molecule has 1 aromatic heterocycles. The van der Waals surface area contributed by atoms with Gasteiger partial charge < -0.3 is 20.1 Å². The third-order valence-corrected chi connectivity index (χ3v) is 3.63. The van der Waals surface area contributed by atoms with Crippen LogP contribution in [0.4, 0.5) is 0 Å². The fourth-order valence-electron chi connectivity index (χ4n) is 2.36. The number of guanidine groups is 1. The summed E-state index contributed by atoms with van der Waals surface area (Å²) in [5.41, 5.74) is 2.17. The van der Waals surface area contributed by atoms with Gasteiger partial charge in [-0.3, -0.25) is 0 Å². The molecule has 0 saturated heterocycles. The van der Waals surface area contributed by atoms with Crippen molar-refractivity contribution in [2.75, 3.05) is 40.0 Å². The van der Waals surface area contributed by atoms with Gasteiger partial charge >= 0.3 is 0 Å². The number of ether oxygens (including phenoxy) is 2. The monoisotopic (exact) mass is 487 g/mol. The molecule has 2 rings (SSSR count). The quantitative estimate of drug-likeness (QED) is 0.221. The summed E-state index contributed by atoms with van der Waals surface area (Å²) in [6.07, 6.45) is 4.63. The number of nitrogens with zero attached hydrogens (tertiary/aromatic N) is 3. The summed E-state index contributed by atoms with van der Waals surface area (Å²) in [6, 6.07) is 10.2. The van der Waals surface area contributed by atoms with Crippen LogP contribution < -0.4 is 10.6 Å². The second-order valence-corrected chi connectivity index (χ2v) is 5.70. The van der Waals surface area contributed by atoms with Crippen LogP contribution in [0.5, 0.6) is 0 Å². The van der Waals surface area contributed by atoms with Gasteiger partial charge in [-0.2, -0.15) is 5.10 Å². The van der Waals surface area contributed by atoms with Crippen molar-refractivity contribution in [1.29, 1.82) is 0 Å². The van der Waals surface area contributed by atoms with Crippen molar-refractivity contribution in [2.24, 2.45) is 4.99 Å². The van der Waals surface area contributed by atoms with Crippen LogP contribution in [0.1, 0.15) is 18.9 Å². The molecule has 0 aliphatic heterocycles. The van der Waals surface area contributed by atoms with Gasteiger partial charge in [-0.25, -0.2) is 9.67 Å². The lowest BCUT2D eigenvalue weighted by Crippen LogP contribution is -2.38. The third kappa shape index (κ3) is 9.21. The summed E-state index contributed by atoms with van der Waals surface area (Å²) >= 11 is 0. The Labute approximate surface area is 178 Å². The maximum absolute atomic E-state index is 5.46. The van der Waals surface area contributed by atoms with E-state index in [0.29, 0.717) is 26.4 Å². The number of hydrogen-bond acceptors (Lipinski definition) is 4. The van der Waals surface area contributed by atoms with E-state index in [1.165, 1.54) is 0 Å². The molecular formula is C19H30IN5O2. The first kappa shape index (κ1) is 23.4. The maximum Gasteiger partial charge on any atom is 0.191 e. The van der Waals surface area contributed by atoms with Crippen LogP contribution in [-0.2, 0) is 16.0 Å². The molecule has 0 atom stereocenters. The van der Waals surface area contributed by atoms with E-state index >= 15 is 0 Å². The first-order valence-corrected chi connectivity index (χ1v) is 9.01. The standard InChI is InChI=1S/C19H29N5O2.HI/c1-3-20-19(21-9-6-12-26-14-13-25-2)22-16-17-7-4-8-18(15-17)24-11-5-10-23-24;/h4-5,7-8,10-11,15H,3,6,9,12-14,16H2,1-2H3,(H2,20,21,22);1H. The van der Waals surface area contributed by atoms with Crippen molar-refractivity contribution < 1.29 is 9.47 Å². The SMILES string of the molecule is CCNC(=NCc1cccc(-n2cccn2)c1)NCCCOCCOC.I. The van der Waals surface area contributed by atoms with Gasteiger partial charge in [-0.1, -0.05) is 12.1 Å². The summed E-state index contributed by atoms with van der Waals surface area (Å²) in [5.74, 6) is 0.814. The van der Waals surface area contributed by atoms with E-state index in [9.17, 15) is 0 Å². The first-order chi connectivity index (χ1) is 12.8. The molecule has 150 valence electrons. The van der Waals surface area contributed by atoms with Crippen LogP contribution in [-0.4, -0.2) is 55.8 Å². The van der Waals surface area contributed by atoms with Gasteiger partial charge in [-0.15, -0.1) is 24.0 Å². The normalized spacial score (nSPS) is 11.1. The molecule has 0 spiro atoms. The van der Waals surface area contributed by atoms with E-state index in [1.54, 1.807) is 13.3 Å². The minimum atomic E-state index is 0. The zero-order valence-corrected chi connectivity index (χ0v) is 18.4. The molecule has 27 heavy (non-hydrogen) atoms. The molecule has 0 radical (unpaired) electrons. The van der Waals surface area contributed by atoms with Crippen molar-refractivity contribution in [1.82, 2.24) is 20.4 Å². The number of aromatic nitrogens is 2. The highest BCUT2D eigenvalue weighted by Gasteiger charge is 2.00. The molecule has 2 aromatic rings. The Hall–Kier alpha value is -1.65. The second kappa shape index (κ2) is 14.4. The molecule has 1 heterocycles. The van der Waals surface area contributed by atoms with E-state index in [4.69, 9.17) is 9.47 Å². The summed E-state index contributed by atoms with van der Waals surface area (Å²) < 4.78 is 12.3. The number of rotatable bonds is 11. The zero-order valence-electron chi connectivity index (χ0n) is 16.1. The van der Waals surface area contributed by atoms with E-state index in [2.05, 4.69) is 39.8 Å². The van der Waals surface area contributed by atoms with Crippen LogP contribution in [0, 0.1) is 0 Å². The van der Waals surface area contributed by atoms with Crippen molar-refractivity contribution >= 4 is 29.9 Å². The fourth-order valence-corrected chi connectivity index (χ4v) is 2.36. The van der Waals surface area contributed by atoms with E-state index < -0.39 is 0 Å². The van der Waals surface area contributed by atoms with Gasteiger partial charge in [0.2, 0.25) is 0 Å². The molecule has 0 saturated carbocycles. The molecule has 0 aliphatic rings. The Morgan fingerprint density at radius 2 is 2.07 bits per heavy atom. The number of halogens is 1. The Bertz CT molecular complexity index is 649. The van der Waals surface area contributed by atoms with E-state index in [0.717, 1.165) is 36.7 Å². The highest BCUT2D eigenvalue weighted by Crippen LogP contribution is 2.10. The lowest BCUT2D eigenvalue weighted by Gasteiger charge is -2.11. The number of methoxy groups -OCH3 is 1. The Balaban J connectivity index is 0.00000364. The third-order valence-electron chi connectivity index (χ3n) is 3.63. The lowest BCUT2D eigenvalue weighted by molar-refractivity contribution is 0.0698. The minimum Gasteiger partial charge on any atom is -0.382 e. The number of aliphatic imine (C=N–C) groups is 1. The highest BCUT2D eigenvalue weighted by atomic mass is 127. The van der Waals surface area contributed by atoms with Gasteiger partial charge in [0.25, 0.3) is 0 Å². The van der Waals surface area contributed by atoms with Crippen LogP contribution in [0.3, 0.4) is 0 Å². The Morgan fingerprint density at radius 1 is 1.19 bits per heavy atom. The lowest BCUT2D eigenvalue weighted by atomic mass is 10.2. The number of nitrogens with one attached hydrogen (secondary N) is 2. The largest absolute Gasteiger partial charge is 0.382 e. The predicted molar refractivity (Wildman–Crippen MR) is 119 cm³/mol. The summed E-state index contributed by atoms with van der Waals surface area (Å²) in [7, 11) is 1.68. The van der Waals surface area contributed by atoms with E-state index in [1.807, 2.05) is 29.1 Å². The van der Waals surface area contributed by atoms with Crippen molar-refractivity contribution in [3.8, 4) is 5.69 Å². The van der Waals surface area contributed by atoms with Crippen molar-refractivity contribution in [2.45, 2.75) is 19.9 Å². The summed E-state index contributed by atoms with van der Waals surface area (Å²) in [4.78, 5) is 4.66. The van der Waals surface area contributed by atoms with Crippen molar-refractivity contribution in [3.05, 3.63) is 48.3 Å². The zero-order chi connectivity index (χ0) is 18.5. The molecule has 0 amide bonds. The van der Waals surface area contributed by atoms with Crippen LogP contribution in [0.15, 0.2) is 47.7 Å². The van der Waals surface area contributed by atoms with Crippen LogP contribution in [0.2, 0.25) is 0 Å². The molecule has 1 aromatic carbocycles. The second-order valence-electron chi connectivity index (χ2n) is 5.70. The van der Waals surface area contributed by atoms with E-state index in [-0.39, 0.29) is 24.0 Å². The van der Waals surface area contributed by atoms with Gasteiger partial charge in [-0.05, 0) is 37.1 Å². The molecule has 7 nitrogen and oxygen atoms in total. The van der Waals surface area contributed by atoms with Gasteiger partial charge in [0, 0.05) is 39.2 Å². The average molecular weight is 487 g/mol. The van der Waals surface area contributed by atoms with Gasteiger partial charge in [0.1, 0.15) is 0 Å². The number of benzene rings is 1. The molecular weight excluding hydrogens is 457 g/mol. The van der Waals surface area contributed by atoms with Crippen LogP contribution in [0.25, 0.3) is 5.69 Å². The van der Waals surface area contributed by atoms with Crippen molar-refractivity contribution in [3.63, 3.8) is 0 Å². The molecule has 8 heteroatoms. The Kier molecular flexibility index (Phi) is 12.5. The maximum atomic E-state index is 5.46. The summed E-state index contributed by atoms with van der Waals surface area (Å²) in [5, 5.41) is 10.9. The molecule has 0 bridgehead atoms. The number of hydrogen-bond donors (Lipinski definition) is 2. The molecule has 0 fully saturated rings. The fraction of sp³-hybridized carbons (Fsp3) is 0.474. The molecule has 2 N–H and O–H groups in total. The summed E-state index contributed by atoms with van der Waals surface area (Å²) in [6.45, 7) is 6.28. The first-order valence-electron chi connectivity index (χ1n) is 9.01. The molecule has 0 aliphatic carbocycles. The Morgan fingerprint density at radius 3 is 2.81 bits per heavy atom. The average Bonchev–Trinajstić information content (AvgIpc) is 3.20. The minimum absolute atomic E-state index is 0. The van der Waals surface area contributed by atoms with Crippen LogP contribution >= 0.6 is 24.0 Å². The van der Waals surface area contributed by atoms with Gasteiger partial charge in [0.15, 0.2) is 5.96 Å². The molecule has 0 unspecified atom stereocenters. The predicted octanol–water partition coefficient (Wildman–Crippen LogP) is 2.60.